The van der Waals surface area contributed by atoms with E-state index >= 15 is 0 Å². The van der Waals surface area contributed by atoms with E-state index in [-0.39, 0.29) is 12.3 Å². The van der Waals surface area contributed by atoms with Gasteiger partial charge >= 0.3 is 5.97 Å². The van der Waals surface area contributed by atoms with Crippen molar-refractivity contribution in [3.05, 3.63) is 29.8 Å². The maximum atomic E-state index is 11.8. The van der Waals surface area contributed by atoms with Crippen LogP contribution >= 0.6 is 0 Å². The van der Waals surface area contributed by atoms with E-state index in [1.807, 2.05) is 0 Å². The molecule has 24 heavy (non-hydrogen) atoms. The lowest BCUT2D eigenvalue weighted by Gasteiger charge is -2.10. The minimum atomic E-state index is -3.52. The minimum absolute atomic E-state index is 0.115. The van der Waals surface area contributed by atoms with Gasteiger partial charge in [-0.1, -0.05) is 12.1 Å². The number of amides is 1. The maximum absolute atomic E-state index is 11.8. The quantitative estimate of drug-likeness (QED) is 0.531. The van der Waals surface area contributed by atoms with E-state index in [0.717, 1.165) is 0 Å². The Morgan fingerprint density at radius 3 is 2.42 bits per heavy atom. The fourth-order valence-corrected chi connectivity index (χ4v) is 2.84. The van der Waals surface area contributed by atoms with Crippen molar-refractivity contribution in [2.75, 3.05) is 31.3 Å². The first kappa shape index (κ1) is 20.1. The summed E-state index contributed by atoms with van der Waals surface area (Å²) >= 11 is 0. The lowest BCUT2D eigenvalue weighted by molar-refractivity contribution is -0.138. The first-order valence-electron chi connectivity index (χ1n) is 7.34. The normalized spacial score (nSPS) is 12.6. The number of anilines is 1. The van der Waals surface area contributed by atoms with Gasteiger partial charge in [0.1, 0.15) is 0 Å². The molecule has 9 heteroatoms. The van der Waals surface area contributed by atoms with E-state index in [4.69, 9.17) is 9.84 Å². The van der Waals surface area contributed by atoms with Gasteiger partial charge in [0.15, 0.2) is 0 Å². The molecule has 0 radical (unpaired) electrons. The number of aliphatic carboxylic acids is 1. The van der Waals surface area contributed by atoms with Crippen molar-refractivity contribution in [1.82, 2.24) is 4.72 Å². The lowest BCUT2D eigenvalue weighted by atomic mass is 10.0. The summed E-state index contributed by atoms with van der Waals surface area (Å²) in [6.45, 7) is 1.52. The number of methoxy groups -OCH3 is 1. The molecule has 1 amide bonds. The van der Waals surface area contributed by atoms with Crippen molar-refractivity contribution in [1.29, 1.82) is 0 Å². The number of ether oxygens (including phenoxy) is 1. The molecular formula is C15H22N2O6S. The van der Waals surface area contributed by atoms with Crippen LogP contribution in [0, 0.1) is 0 Å². The highest BCUT2D eigenvalue weighted by molar-refractivity contribution is 7.89. The second-order valence-corrected chi connectivity index (χ2v) is 7.14. The zero-order valence-electron chi connectivity index (χ0n) is 13.6. The highest BCUT2D eigenvalue weighted by Crippen LogP contribution is 2.18. The Hall–Kier alpha value is -1.97. The van der Waals surface area contributed by atoms with Crippen molar-refractivity contribution in [3.8, 4) is 0 Å². The Morgan fingerprint density at radius 1 is 1.25 bits per heavy atom. The van der Waals surface area contributed by atoms with Gasteiger partial charge in [0.2, 0.25) is 15.9 Å². The number of rotatable bonds is 10. The Labute approximate surface area is 141 Å². The number of hydrogen-bond donors (Lipinski definition) is 3. The summed E-state index contributed by atoms with van der Waals surface area (Å²) < 4.78 is 30.3. The van der Waals surface area contributed by atoms with Crippen LogP contribution in [0.15, 0.2) is 24.3 Å². The van der Waals surface area contributed by atoms with Gasteiger partial charge in [-0.15, -0.1) is 0 Å². The monoisotopic (exact) mass is 358 g/mol. The van der Waals surface area contributed by atoms with Crippen molar-refractivity contribution in [3.63, 3.8) is 0 Å². The van der Waals surface area contributed by atoms with Gasteiger partial charge < -0.3 is 15.2 Å². The number of carbonyl (C=O) groups is 2. The highest BCUT2D eigenvalue weighted by Gasteiger charge is 2.14. The van der Waals surface area contributed by atoms with Crippen LogP contribution in [0.1, 0.15) is 24.8 Å². The molecule has 0 aliphatic heterocycles. The molecule has 0 bridgehead atoms. The van der Waals surface area contributed by atoms with Gasteiger partial charge in [-0.3, -0.25) is 9.59 Å². The predicted octanol–water partition coefficient (Wildman–Crippen LogP) is 0.769. The molecule has 3 N–H and O–H groups in total. The number of nitrogens with one attached hydrogen (secondary N) is 2. The number of carbonyl (C=O) groups excluding carboxylic acids is 1. The third kappa shape index (κ3) is 7.07. The van der Waals surface area contributed by atoms with Gasteiger partial charge in [-0.25, -0.2) is 13.1 Å². The largest absolute Gasteiger partial charge is 0.481 e. The van der Waals surface area contributed by atoms with Crippen LogP contribution in [0.5, 0.6) is 0 Å². The fourth-order valence-electron chi connectivity index (χ4n) is 1.84. The third-order valence-corrected chi connectivity index (χ3v) is 4.69. The van der Waals surface area contributed by atoms with Crippen molar-refractivity contribution < 1.29 is 27.9 Å². The molecule has 1 atom stereocenters. The van der Waals surface area contributed by atoms with Crippen LogP contribution in [0.25, 0.3) is 0 Å². The van der Waals surface area contributed by atoms with E-state index in [1.165, 1.54) is 7.11 Å². The molecule has 1 rings (SSSR count). The fraction of sp³-hybridized carbons (Fsp3) is 0.467. The van der Waals surface area contributed by atoms with Gasteiger partial charge in [0, 0.05) is 19.4 Å². The average molecular weight is 358 g/mol. The zero-order valence-corrected chi connectivity index (χ0v) is 14.4. The summed E-state index contributed by atoms with van der Waals surface area (Å²) in [6, 6.07) is 6.34. The summed E-state index contributed by atoms with van der Waals surface area (Å²) in [6.07, 6.45) is 0.344. The Balaban J connectivity index is 2.49. The van der Waals surface area contributed by atoms with Crippen LogP contribution in [0.4, 0.5) is 5.69 Å². The lowest BCUT2D eigenvalue weighted by Crippen LogP contribution is -2.34. The smallest absolute Gasteiger partial charge is 0.310 e. The molecular weight excluding hydrogens is 336 g/mol. The zero-order chi connectivity index (χ0) is 18.2. The van der Waals surface area contributed by atoms with E-state index < -0.39 is 27.8 Å². The SMILES string of the molecule is COCCCS(=O)(=O)NCC(=O)Nc1ccc(C(C)C(=O)O)cc1. The third-order valence-electron chi connectivity index (χ3n) is 3.28. The second kappa shape index (κ2) is 9.36. The standard InChI is InChI=1S/C15H22N2O6S/c1-11(15(19)20)12-4-6-13(7-5-12)17-14(18)10-16-24(21,22)9-3-8-23-2/h4-7,11,16H,3,8-10H2,1-2H3,(H,17,18)(H,19,20). The molecule has 0 heterocycles. The highest BCUT2D eigenvalue weighted by atomic mass is 32.2. The summed E-state index contributed by atoms with van der Waals surface area (Å²) in [5.41, 5.74) is 1.07. The number of benzene rings is 1. The van der Waals surface area contributed by atoms with Gasteiger partial charge in [0.25, 0.3) is 0 Å². The molecule has 0 saturated heterocycles. The molecule has 134 valence electrons. The van der Waals surface area contributed by atoms with E-state index in [9.17, 15) is 18.0 Å². The molecule has 0 aromatic heterocycles. The van der Waals surface area contributed by atoms with Gasteiger partial charge in [-0.05, 0) is 31.0 Å². The van der Waals surface area contributed by atoms with Crippen LogP contribution in [-0.4, -0.2) is 51.4 Å². The Bertz CT molecular complexity index is 657. The number of carboxylic acids is 1. The average Bonchev–Trinajstić information content (AvgIpc) is 2.53. The number of carboxylic acid groups (broad SMARTS) is 1. The Kier molecular flexibility index (Phi) is 7.83. The van der Waals surface area contributed by atoms with E-state index in [1.54, 1.807) is 31.2 Å². The van der Waals surface area contributed by atoms with Gasteiger partial charge in [-0.2, -0.15) is 0 Å². The molecule has 0 saturated carbocycles. The first-order chi connectivity index (χ1) is 11.2. The van der Waals surface area contributed by atoms with Crippen molar-refractivity contribution in [2.24, 2.45) is 0 Å². The molecule has 0 aliphatic rings. The summed E-state index contributed by atoms with van der Waals surface area (Å²) in [4.78, 5) is 22.7. The van der Waals surface area contributed by atoms with Crippen LogP contribution in [-0.2, 0) is 24.3 Å². The van der Waals surface area contributed by atoms with Crippen LogP contribution in [0.3, 0.4) is 0 Å². The summed E-state index contributed by atoms with van der Waals surface area (Å²) in [7, 11) is -2.04. The second-order valence-electron chi connectivity index (χ2n) is 5.22. The number of hydrogen-bond acceptors (Lipinski definition) is 5. The van der Waals surface area contributed by atoms with Crippen molar-refractivity contribution >= 4 is 27.6 Å². The molecule has 1 unspecified atom stereocenters. The van der Waals surface area contributed by atoms with E-state index in [2.05, 4.69) is 10.0 Å². The van der Waals surface area contributed by atoms with Crippen LogP contribution in [0.2, 0.25) is 0 Å². The molecule has 1 aromatic rings. The summed E-state index contributed by atoms with van der Waals surface area (Å²) in [5, 5.41) is 11.5. The predicted molar refractivity (Wildman–Crippen MR) is 89.4 cm³/mol. The molecule has 1 aromatic carbocycles. The van der Waals surface area contributed by atoms with Crippen molar-refractivity contribution in [2.45, 2.75) is 19.3 Å². The van der Waals surface area contributed by atoms with E-state index in [0.29, 0.717) is 24.3 Å². The molecule has 8 nitrogen and oxygen atoms in total. The molecule has 0 fully saturated rings. The first-order valence-corrected chi connectivity index (χ1v) is 8.99. The van der Waals surface area contributed by atoms with Gasteiger partial charge in [0.05, 0.1) is 18.2 Å². The van der Waals surface area contributed by atoms with Crippen LogP contribution < -0.4 is 10.0 Å². The maximum Gasteiger partial charge on any atom is 0.310 e. The topological polar surface area (TPSA) is 122 Å². The Morgan fingerprint density at radius 2 is 1.88 bits per heavy atom. The summed E-state index contributed by atoms with van der Waals surface area (Å²) in [5.74, 6) is -2.21. The number of sulfonamides is 1. The minimum Gasteiger partial charge on any atom is -0.481 e. The molecule has 0 aliphatic carbocycles. The molecule has 0 spiro atoms.